The molecule has 2 aromatic heterocycles. The van der Waals surface area contributed by atoms with Gasteiger partial charge in [-0.1, -0.05) is 0 Å². The van der Waals surface area contributed by atoms with Crippen molar-refractivity contribution in [2.75, 3.05) is 5.73 Å². The number of hydrogen-bond donors (Lipinski definition) is 1. The van der Waals surface area contributed by atoms with Gasteiger partial charge < -0.3 is 5.73 Å². The van der Waals surface area contributed by atoms with Crippen LogP contribution in [0.4, 0.5) is 10.3 Å². The lowest BCUT2D eigenvalue weighted by Gasteiger charge is -2.01. The van der Waals surface area contributed by atoms with Gasteiger partial charge in [-0.15, -0.1) is 0 Å². The van der Waals surface area contributed by atoms with Gasteiger partial charge in [0, 0.05) is 25.4 Å². The number of nitrogen functional groups attached to an aromatic ring is 1. The highest BCUT2D eigenvalue weighted by Gasteiger charge is 2.12. The molecule has 17 heavy (non-hydrogen) atoms. The second-order valence-corrected chi connectivity index (χ2v) is 3.79. The van der Waals surface area contributed by atoms with Gasteiger partial charge in [0.15, 0.2) is 5.82 Å². The quantitative estimate of drug-likeness (QED) is 0.690. The number of nitrogens with two attached hydrogens (primary N) is 1. The Balaban J connectivity index is 2.32. The van der Waals surface area contributed by atoms with E-state index in [1.165, 1.54) is 12.1 Å². The molecule has 0 atom stereocenters. The topological polar surface area (TPSA) is 61.7 Å². The molecule has 5 nitrogen and oxygen atoms in total. The Hall–Kier alpha value is -2.37. The molecule has 0 amide bonds. The minimum absolute atomic E-state index is 0.296. The Morgan fingerprint density at radius 2 is 2.12 bits per heavy atom. The molecule has 0 aliphatic carbocycles. The van der Waals surface area contributed by atoms with Gasteiger partial charge in [-0.3, -0.25) is 9.25 Å². The normalized spacial score (nSPS) is 11.2. The van der Waals surface area contributed by atoms with Gasteiger partial charge in [0.2, 0.25) is 5.95 Å². The van der Waals surface area contributed by atoms with Crippen LogP contribution >= 0.6 is 0 Å². The summed E-state index contributed by atoms with van der Waals surface area (Å²) in [5.41, 5.74) is 7.08. The summed E-state index contributed by atoms with van der Waals surface area (Å²) in [6.45, 7) is 0. The summed E-state index contributed by atoms with van der Waals surface area (Å²) >= 11 is 0. The third kappa shape index (κ3) is 1.45. The summed E-state index contributed by atoms with van der Waals surface area (Å²) in [5, 5.41) is 4.25. The highest BCUT2D eigenvalue weighted by molar-refractivity contribution is 5.80. The van der Waals surface area contributed by atoms with Crippen LogP contribution in [0.5, 0.6) is 0 Å². The first kappa shape index (κ1) is 9.83. The van der Waals surface area contributed by atoms with Crippen molar-refractivity contribution >= 4 is 17.0 Å². The lowest BCUT2D eigenvalue weighted by Crippen LogP contribution is -2.02. The van der Waals surface area contributed by atoms with E-state index in [1.54, 1.807) is 15.3 Å². The van der Waals surface area contributed by atoms with Crippen molar-refractivity contribution in [2.24, 2.45) is 7.05 Å². The van der Waals surface area contributed by atoms with Crippen LogP contribution in [0.25, 0.3) is 16.9 Å². The Kier molecular flexibility index (Phi) is 1.91. The molecular weight excluding hydrogens is 221 g/mol. The molecule has 0 bridgehead atoms. The van der Waals surface area contributed by atoms with Crippen LogP contribution in [0, 0.1) is 5.82 Å². The van der Waals surface area contributed by atoms with Crippen LogP contribution in [0.1, 0.15) is 0 Å². The number of aryl methyl sites for hydroxylation is 1. The van der Waals surface area contributed by atoms with Gasteiger partial charge in [0.05, 0.1) is 11.0 Å². The van der Waals surface area contributed by atoms with Gasteiger partial charge in [0.1, 0.15) is 5.82 Å². The number of anilines is 1. The Morgan fingerprint density at radius 1 is 1.29 bits per heavy atom. The average molecular weight is 231 g/mol. The standard InChI is InChI=1S/C11H10FN5/c1-16-5-4-10(15-16)17-9-3-2-7(12)6-8(9)14-11(17)13/h2-6H,1H3,(H2,13,14). The van der Waals surface area contributed by atoms with Crippen LogP contribution in [0.3, 0.4) is 0 Å². The van der Waals surface area contributed by atoms with Crippen LogP contribution < -0.4 is 5.73 Å². The molecule has 0 fully saturated rings. The van der Waals surface area contributed by atoms with Gasteiger partial charge in [-0.2, -0.15) is 5.10 Å². The first-order valence-corrected chi connectivity index (χ1v) is 5.08. The molecule has 0 aliphatic rings. The highest BCUT2D eigenvalue weighted by Crippen LogP contribution is 2.22. The molecule has 1 aromatic carbocycles. The largest absolute Gasteiger partial charge is 0.369 e. The number of hydrogen-bond acceptors (Lipinski definition) is 3. The zero-order valence-corrected chi connectivity index (χ0v) is 9.13. The third-order valence-corrected chi connectivity index (χ3v) is 2.57. The summed E-state index contributed by atoms with van der Waals surface area (Å²) in [6, 6.07) is 6.19. The lowest BCUT2D eigenvalue weighted by molar-refractivity contribution is 0.629. The second kappa shape index (κ2) is 3.31. The molecule has 0 aliphatic heterocycles. The molecular formula is C11H10FN5. The van der Waals surface area contributed by atoms with E-state index < -0.39 is 0 Å². The van der Waals surface area contributed by atoms with Gasteiger partial charge in [-0.25, -0.2) is 9.37 Å². The van der Waals surface area contributed by atoms with Crippen molar-refractivity contribution in [1.29, 1.82) is 0 Å². The molecule has 0 unspecified atom stereocenters. The van der Waals surface area contributed by atoms with E-state index in [0.717, 1.165) is 5.52 Å². The molecule has 0 saturated heterocycles. The zero-order chi connectivity index (χ0) is 12.0. The summed E-state index contributed by atoms with van der Waals surface area (Å²) < 4.78 is 16.4. The van der Waals surface area contributed by atoms with Crippen LogP contribution in [0.2, 0.25) is 0 Å². The Morgan fingerprint density at radius 3 is 2.82 bits per heavy atom. The maximum atomic E-state index is 13.1. The van der Waals surface area contributed by atoms with Crippen molar-refractivity contribution in [3.05, 3.63) is 36.3 Å². The van der Waals surface area contributed by atoms with Gasteiger partial charge in [-0.05, 0) is 12.1 Å². The molecule has 6 heteroatoms. The van der Waals surface area contributed by atoms with Crippen molar-refractivity contribution in [3.63, 3.8) is 0 Å². The third-order valence-electron chi connectivity index (χ3n) is 2.57. The van der Waals surface area contributed by atoms with Crippen molar-refractivity contribution < 1.29 is 4.39 Å². The van der Waals surface area contributed by atoms with E-state index in [2.05, 4.69) is 10.1 Å². The number of fused-ring (bicyclic) bond motifs is 1. The van der Waals surface area contributed by atoms with Gasteiger partial charge >= 0.3 is 0 Å². The summed E-state index contributed by atoms with van der Waals surface area (Å²) in [5.74, 6) is 0.631. The van der Waals surface area contributed by atoms with Crippen molar-refractivity contribution in [1.82, 2.24) is 19.3 Å². The first-order chi connectivity index (χ1) is 8.15. The maximum Gasteiger partial charge on any atom is 0.207 e. The summed E-state index contributed by atoms with van der Waals surface area (Å²) in [6.07, 6.45) is 1.81. The van der Waals surface area contributed by atoms with E-state index >= 15 is 0 Å². The molecule has 0 saturated carbocycles. The molecule has 3 rings (SSSR count). The number of benzene rings is 1. The Labute approximate surface area is 96.3 Å². The molecule has 86 valence electrons. The predicted octanol–water partition coefficient (Wildman–Crippen LogP) is 1.48. The minimum atomic E-state index is -0.330. The van der Waals surface area contributed by atoms with E-state index in [1.807, 2.05) is 19.3 Å². The molecule has 2 heterocycles. The number of halogens is 1. The fraction of sp³-hybridized carbons (Fsp3) is 0.0909. The number of aromatic nitrogens is 4. The van der Waals surface area contributed by atoms with Crippen LogP contribution in [-0.2, 0) is 7.05 Å². The average Bonchev–Trinajstić information content (AvgIpc) is 2.80. The maximum absolute atomic E-state index is 13.1. The minimum Gasteiger partial charge on any atom is -0.369 e. The fourth-order valence-corrected chi connectivity index (χ4v) is 1.83. The summed E-state index contributed by atoms with van der Waals surface area (Å²) in [7, 11) is 1.82. The number of nitrogens with zero attached hydrogens (tertiary/aromatic N) is 4. The smallest absolute Gasteiger partial charge is 0.207 e. The number of rotatable bonds is 1. The molecule has 0 radical (unpaired) electrons. The fourth-order valence-electron chi connectivity index (χ4n) is 1.83. The highest BCUT2D eigenvalue weighted by atomic mass is 19.1. The monoisotopic (exact) mass is 231 g/mol. The van der Waals surface area contributed by atoms with Gasteiger partial charge in [0.25, 0.3) is 0 Å². The molecule has 0 spiro atoms. The zero-order valence-electron chi connectivity index (χ0n) is 9.13. The lowest BCUT2D eigenvalue weighted by atomic mass is 10.3. The van der Waals surface area contributed by atoms with Crippen molar-refractivity contribution in [2.45, 2.75) is 0 Å². The van der Waals surface area contributed by atoms with Crippen molar-refractivity contribution in [3.8, 4) is 5.82 Å². The predicted molar refractivity (Wildman–Crippen MR) is 62.2 cm³/mol. The van der Waals surface area contributed by atoms with E-state index in [0.29, 0.717) is 17.3 Å². The summed E-state index contributed by atoms with van der Waals surface area (Å²) in [4.78, 5) is 4.11. The SMILES string of the molecule is Cn1ccc(-n2c(N)nc3cc(F)ccc32)n1. The van der Waals surface area contributed by atoms with E-state index in [4.69, 9.17) is 5.73 Å². The Bertz CT molecular complexity index is 697. The number of imidazole rings is 1. The van der Waals surface area contributed by atoms with E-state index in [9.17, 15) is 4.39 Å². The molecule has 3 aromatic rings. The van der Waals surface area contributed by atoms with Crippen LogP contribution in [0.15, 0.2) is 30.5 Å². The molecule has 2 N–H and O–H groups in total. The first-order valence-electron chi connectivity index (χ1n) is 5.08. The van der Waals surface area contributed by atoms with Crippen LogP contribution in [-0.4, -0.2) is 19.3 Å². The van der Waals surface area contributed by atoms with E-state index in [-0.39, 0.29) is 5.82 Å². The second-order valence-electron chi connectivity index (χ2n) is 3.79.